The Morgan fingerprint density at radius 3 is 2.75 bits per heavy atom. The van der Waals surface area contributed by atoms with Gasteiger partial charge in [-0.05, 0) is 18.4 Å². The molecule has 1 saturated heterocycles. The summed E-state index contributed by atoms with van der Waals surface area (Å²) in [5, 5.41) is 2.87. The Balaban J connectivity index is 1.81. The minimum atomic E-state index is -0.310. The maximum atomic E-state index is 13.7. The molecule has 1 aliphatic heterocycles. The number of carbonyl (C=O) groups is 2. The second kappa shape index (κ2) is 8.66. The molecule has 0 radical (unpaired) electrons. The first-order valence-electron chi connectivity index (χ1n) is 8.55. The first-order valence-corrected chi connectivity index (χ1v) is 8.55. The molecule has 1 unspecified atom stereocenters. The van der Waals surface area contributed by atoms with Crippen molar-refractivity contribution < 1.29 is 14.0 Å². The molecule has 132 valence electrons. The van der Waals surface area contributed by atoms with Gasteiger partial charge in [-0.25, -0.2) is 9.18 Å². The number of urea groups is 1. The largest absolute Gasteiger partial charge is 0.338 e. The summed E-state index contributed by atoms with van der Waals surface area (Å²) >= 11 is 0. The molecule has 2 rings (SSSR count). The predicted molar refractivity (Wildman–Crippen MR) is 90.9 cm³/mol. The summed E-state index contributed by atoms with van der Waals surface area (Å²) in [6, 6.07) is 6.25. The molecular formula is C18H26FN3O2. The van der Waals surface area contributed by atoms with E-state index in [-0.39, 0.29) is 30.8 Å². The number of halogens is 1. The molecule has 1 aromatic carbocycles. The zero-order chi connectivity index (χ0) is 17.5. The SMILES string of the molecule is CCC(C)CCNC(=O)N1CCN(Cc2ccccc2F)C(=O)C1. The van der Waals surface area contributed by atoms with Crippen molar-refractivity contribution in [2.45, 2.75) is 33.2 Å². The first-order chi connectivity index (χ1) is 11.5. The summed E-state index contributed by atoms with van der Waals surface area (Å²) in [6.45, 7) is 6.08. The maximum Gasteiger partial charge on any atom is 0.317 e. The van der Waals surface area contributed by atoms with Gasteiger partial charge in [-0.1, -0.05) is 38.5 Å². The summed E-state index contributed by atoms with van der Waals surface area (Å²) in [5.74, 6) is 0.113. The van der Waals surface area contributed by atoms with Gasteiger partial charge in [0.25, 0.3) is 0 Å². The fourth-order valence-corrected chi connectivity index (χ4v) is 2.62. The van der Waals surface area contributed by atoms with Crippen LogP contribution in [0.5, 0.6) is 0 Å². The number of nitrogens with zero attached hydrogens (tertiary/aromatic N) is 2. The number of rotatable bonds is 6. The fourth-order valence-electron chi connectivity index (χ4n) is 2.62. The third kappa shape index (κ3) is 4.94. The molecule has 0 saturated carbocycles. The Labute approximate surface area is 142 Å². The fraction of sp³-hybridized carbons (Fsp3) is 0.556. The zero-order valence-corrected chi connectivity index (χ0v) is 14.4. The van der Waals surface area contributed by atoms with E-state index in [1.165, 1.54) is 11.0 Å². The highest BCUT2D eigenvalue weighted by Gasteiger charge is 2.27. The Morgan fingerprint density at radius 2 is 2.08 bits per heavy atom. The number of carbonyl (C=O) groups excluding carboxylic acids is 2. The van der Waals surface area contributed by atoms with Crippen LogP contribution >= 0.6 is 0 Å². The van der Waals surface area contributed by atoms with Crippen molar-refractivity contribution in [3.05, 3.63) is 35.6 Å². The Hall–Kier alpha value is -2.11. The highest BCUT2D eigenvalue weighted by Crippen LogP contribution is 2.13. The van der Waals surface area contributed by atoms with Crippen LogP contribution in [0.15, 0.2) is 24.3 Å². The minimum Gasteiger partial charge on any atom is -0.338 e. The number of hydrogen-bond donors (Lipinski definition) is 1. The molecule has 0 spiro atoms. The normalized spacial score (nSPS) is 16.2. The second-order valence-corrected chi connectivity index (χ2v) is 6.36. The van der Waals surface area contributed by atoms with Gasteiger partial charge >= 0.3 is 6.03 Å². The van der Waals surface area contributed by atoms with Crippen LogP contribution in [-0.2, 0) is 11.3 Å². The lowest BCUT2D eigenvalue weighted by atomic mass is 10.1. The van der Waals surface area contributed by atoms with Crippen LogP contribution < -0.4 is 5.32 Å². The van der Waals surface area contributed by atoms with E-state index in [1.54, 1.807) is 23.1 Å². The van der Waals surface area contributed by atoms with E-state index in [0.717, 1.165) is 12.8 Å². The topological polar surface area (TPSA) is 52.7 Å². The van der Waals surface area contributed by atoms with Crippen LogP contribution in [0.4, 0.5) is 9.18 Å². The first kappa shape index (κ1) is 18.2. The summed E-state index contributed by atoms with van der Waals surface area (Å²) in [6.07, 6.45) is 2.02. The van der Waals surface area contributed by atoms with E-state index in [9.17, 15) is 14.0 Å². The van der Waals surface area contributed by atoms with Crippen LogP contribution in [-0.4, -0.2) is 47.9 Å². The van der Waals surface area contributed by atoms with Crippen LogP contribution in [0.2, 0.25) is 0 Å². The molecular weight excluding hydrogens is 309 g/mol. The summed E-state index contributed by atoms with van der Waals surface area (Å²) in [7, 11) is 0. The van der Waals surface area contributed by atoms with Gasteiger partial charge in [0, 0.05) is 31.7 Å². The Morgan fingerprint density at radius 1 is 1.33 bits per heavy atom. The number of nitrogens with one attached hydrogen (secondary N) is 1. The van der Waals surface area contributed by atoms with Crippen LogP contribution in [0.3, 0.4) is 0 Å². The molecule has 1 atom stereocenters. The average Bonchev–Trinajstić information content (AvgIpc) is 2.58. The standard InChI is InChI=1S/C18H26FN3O2/c1-3-14(2)8-9-20-18(24)22-11-10-21(17(23)13-22)12-15-6-4-5-7-16(15)19/h4-7,14H,3,8-13H2,1-2H3,(H,20,24). The molecule has 0 aliphatic carbocycles. The number of hydrogen-bond acceptors (Lipinski definition) is 2. The van der Waals surface area contributed by atoms with Gasteiger partial charge in [-0.3, -0.25) is 4.79 Å². The van der Waals surface area contributed by atoms with Gasteiger partial charge in [-0.2, -0.15) is 0 Å². The van der Waals surface area contributed by atoms with Crippen molar-refractivity contribution in [1.29, 1.82) is 0 Å². The van der Waals surface area contributed by atoms with Crippen LogP contribution in [0.25, 0.3) is 0 Å². The van der Waals surface area contributed by atoms with Gasteiger partial charge in [-0.15, -0.1) is 0 Å². The molecule has 6 heteroatoms. The molecule has 5 nitrogen and oxygen atoms in total. The number of amides is 3. The van der Waals surface area contributed by atoms with Gasteiger partial charge in [0.05, 0.1) is 0 Å². The van der Waals surface area contributed by atoms with Crippen LogP contribution in [0.1, 0.15) is 32.3 Å². The molecule has 1 N–H and O–H groups in total. The molecule has 1 fully saturated rings. The van der Waals surface area contributed by atoms with Crippen LogP contribution in [0, 0.1) is 11.7 Å². The Bertz CT molecular complexity index is 579. The molecule has 3 amide bonds. The third-order valence-corrected chi connectivity index (χ3v) is 4.54. The summed E-state index contributed by atoms with van der Waals surface area (Å²) in [4.78, 5) is 27.5. The van der Waals surface area contributed by atoms with Gasteiger partial charge in [0.15, 0.2) is 0 Å². The van der Waals surface area contributed by atoms with Gasteiger partial charge in [0.1, 0.15) is 12.4 Å². The second-order valence-electron chi connectivity index (χ2n) is 6.36. The number of benzene rings is 1. The third-order valence-electron chi connectivity index (χ3n) is 4.54. The molecule has 24 heavy (non-hydrogen) atoms. The van der Waals surface area contributed by atoms with Crippen molar-refractivity contribution in [2.75, 3.05) is 26.2 Å². The van der Waals surface area contributed by atoms with Crippen molar-refractivity contribution in [3.8, 4) is 0 Å². The molecule has 1 aromatic rings. The maximum absolute atomic E-state index is 13.7. The lowest BCUT2D eigenvalue weighted by Gasteiger charge is -2.34. The monoisotopic (exact) mass is 335 g/mol. The zero-order valence-electron chi connectivity index (χ0n) is 14.4. The highest BCUT2D eigenvalue weighted by atomic mass is 19.1. The number of piperazine rings is 1. The van der Waals surface area contributed by atoms with E-state index in [2.05, 4.69) is 19.2 Å². The van der Waals surface area contributed by atoms with Crippen molar-refractivity contribution in [3.63, 3.8) is 0 Å². The lowest BCUT2D eigenvalue weighted by molar-refractivity contribution is -0.135. The van der Waals surface area contributed by atoms with Gasteiger partial charge < -0.3 is 15.1 Å². The van der Waals surface area contributed by atoms with Crippen molar-refractivity contribution in [2.24, 2.45) is 5.92 Å². The van der Waals surface area contributed by atoms with Gasteiger partial charge in [0.2, 0.25) is 5.91 Å². The molecule has 1 heterocycles. The van der Waals surface area contributed by atoms with E-state index >= 15 is 0 Å². The van der Waals surface area contributed by atoms with E-state index in [4.69, 9.17) is 0 Å². The van der Waals surface area contributed by atoms with Crippen molar-refractivity contribution >= 4 is 11.9 Å². The minimum absolute atomic E-state index is 0.0453. The molecule has 0 aromatic heterocycles. The molecule has 0 bridgehead atoms. The quantitative estimate of drug-likeness (QED) is 0.869. The summed E-state index contributed by atoms with van der Waals surface area (Å²) in [5.41, 5.74) is 0.498. The van der Waals surface area contributed by atoms with Crippen molar-refractivity contribution in [1.82, 2.24) is 15.1 Å². The predicted octanol–water partition coefficient (Wildman–Crippen LogP) is 2.62. The van der Waals surface area contributed by atoms with E-state index < -0.39 is 0 Å². The average molecular weight is 335 g/mol. The highest BCUT2D eigenvalue weighted by molar-refractivity contribution is 5.85. The smallest absolute Gasteiger partial charge is 0.317 e. The van der Waals surface area contributed by atoms with E-state index in [1.807, 2.05) is 0 Å². The summed E-state index contributed by atoms with van der Waals surface area (Å²) < 4.78 is 13.7. The lowest BCUT2D eigenvalue weighted by Crippen LogP contribution is -2.54. The van der Waals surface area contributed by atoms with E-state index in [0.29, 0.717) is 31.1 Å². The molecule has 1 aliphatic rings. The Kier molecular flexibility index (Phi) is 6.58.